The lowest BCUT2D eigenvalue weighted by Gasteiger charge is -2.40. The van der Waals surface area contributed by atoms with Crippen LogP contribution < -0.4 is 0 Å². The maximum absolute atomic E-state index is 4.17. The van der Waals surface area contributed by atoms with E-state index in [1.165, 1.54) is 84.5 Å². The molecule has 0 saturated carbocycles. The predicted octanol–water partition coefficient (Wildman–Crippen LogP) is 7.82. The molecule has 0 aliphatic carbocycles. The Labute approximate surface area is 303 Å². The number of hydrogen-bond acceptors (Lipinski definition) is 7. The molecular formula is C34H79N9Si5. The van der Waals surface area contributed by atoms with E-state index in [4.69, 9.17) is 0 Å². The van der Waals surface area contributed by atoms with Crippen molar-refractivity contribution in [3.05, 3.63) is 30.9 Å². The first-order valence-corrected chi connectivity index (χ1v) is 36.0. The Bertz CT molecular complexity index is 1020. The number of piperidine rings is 1. The maximum Gasteiger partial charge on any atom is 0.178 e. The first-order chi connectivity index (χ1) is 21.9. The Morgan fingerprint density at radius 1 is 0.417 bits per heavy atom. The highest BCUT2D eigenvalue weighted by Gasteiger charge is 2.27. The van der Waals surface area contributed by atoms with Crippen molar-refractivity contribution in [2.24, 2.45) is 0 Å². The quantitative estimate of drug-likeness (QED) is 0.289. The Balaban J connectivity index is 0.000000301. The first-order valence-electron chi connectivity index (χ1n) is 18.7. The average molecular weight is 754 g/mol. The van der Waals surface area contributed by atoms with Gasteiger partial charge in [-0.05, 0) is 104 Å². The lowest BCUT2D eigenvalue weighted by atomic mass is 10.2. The zero-order valence-corrected chi connectivity index (χ0v) is 39.6. The van der Waals surface area contributed by atoms with Crippen LogP contribution in [0.2, 0.25) is 98.2 Å². The number of likely N-dealkylation sites (N-methyl/N-ethyl adjacent to an activating group) is 1. The standard InChI is InChI=1S/C8H20N2Si.C8H19NSi.C7H17NSi.C6H12N2Si.C5H11N3Si/c1-9-5-7-10(8-6-9)11(2,3)4;1-10(2,3)9-7-5-4-6-8-9;2*1-9(2,3)8-6-4-5-7-8;1-9(2,3)8-5-4-6-7-8/h5-8H2,1-4H3;4-8H2,1-3H3;4-7H2,1-3H3;4-6H,1-3H3;4-5H,1-3H3. The molecule has 0 bridgehead atoms. The van der Waals surface area contributed by atoms with Gasteiger partial charge in [-0.25, -0.2) is 0 Å². The minimum absolute atomic E-state index is 0.891. The molecule has 3 aliphatic heterocycles. The highest BCUT2D eigenvalue weighted by atomic mass is 28.3. The number of piperazine rings is 1. The van der Waals surface area contributed by atoms with Crippen molar-refractivity contribution in [2.45, 2.75) is 130 Å². The molecule has 9 nitrogen and oxygen atoms in total. The largest absolute Gasteiger partial charge is 0.324 e. The molecule has 5 rings (SSSR count). The molecule has 14 heteroatoms. The Morgan fingerprint density at radius 2 is 0.812 bits per heavy atom. The van der Waals surface area contributed by atoms with Crippen molar-refractivity contribution in [2.75, 3.05) is 59.4 Å². The van der Waals surface area contributed by atoms with Crippen LogP contribution in [0.15, 0.2) is 30.9 Å². The third kappa shape index (κ3) is 19.0. The molecule has 3 fully saturated rings. The average Bonchev–Trinajstić information content (AvgIpc) is 3.77. The van der Waals surface area contributed by atoms with E-state index in [0.29, 0.717) is 0 Å². The van der Waals surface area contributed by atoms with Crippen molar-refractivity contribution in [3.8, 4) is 0 Å². The summed E-state index contributed by atoms with van der Waals surface area (Å²) in [6, 6.07) is 1.97. The van der Waals surface area contributed by atoms with Crippen molar-refractivity contribution in [3.63, 3.8) is 0 Å². The smallest absolute Gasteiger partial charge is 0.178 e. The van der Waals surface area contributed by atoms with Crippen LogP contribution in [0.4, 0.5) is 0 Å². The van der Waals surface area contributed by atoms with Crippen molar-refractivity contribution < 1.29 is 0 Å². The van der Waals surface area contributed by atoms with Gasteiger partial charge < -0.3 is 22.9 Å². The van der Waals surface area contributed by atoms with Gasteiger partial charge in [0.15, 0.2) is 16.5 Å². The van der Waals surface area contributed by atoms with Gasteiger partial charge in [0.2, 0.25) is 0 Å². The normalized spacial score (nSPS) is 19.1. The van der Waals surface area contributed by atoms with E-state index < -0.39 is 41.2 Å². The third-order valence-corrected chi connectivity index (χ3v) is 19.4. The van der Waals surface area contributed by atoms with Gasteiger partial charge in [-0.15, -0.1) is 5.10 Å². The van der Waals surface area contributed by atoms with Gasteiger partial charge in [0.1, 0.15) is 24.7 Å². The Morgan fingerprint density at radius 3 is 1.06 bits per heavy atom. The fourth-order valence-corrected chi connectivity index (χ4v) is 12.3. The second-order valence-corrected chi connectivity index (χ2v) is 43.2. The molecule has 3 saturated heterocycles. The van der Waals surface area contributed by atoms with E-state index in [2.05, 4.69) is 144 Å². The summed E-state index contributed by atoms with van der Waals surface area (Å²) in [6.45, 7) is 45.9. The fraction of sp³-hybridized carbons (Fsp3) is 0.853. The SMILES string of the molecule is CN1CCN([Si](C)(C)C)CC1.C[Si](C)(C)N1CCCC1.C[Si](C)(C)N1CCCCC1.C[Si](C)(C)n1cccn1.C[Si](C)(C)n1ccnn1. The number of hydrogen-bond donors (Lipinski definition) is 0. The van der Waals surface area contributed by atoms with Gasteiger partial charge >= 0.3 is 0 Å². The fourth-order valence-electron chi connectivity index (χ4n) is 5.66. The Kier molecular flexibility index (Phi) is 19.2. The number of aromatic nitrogens is 5. The van der Waals surface area contributed by atoms with Crippen LogP contribution in [0, 0.1) is 0 Å². The molecule has 0 amide bonds. The monoisotopic (exact) mass is 754 g/mol. The van der Waals surface area contributed by atoms with Crippen LogP contribution in [0.1, 0.15) is 32.1 Å². The molecule has 5 heterocycles. The molecule has 2 aromatic rings. The Hall–Kier alpha value is -0.726. The zero-order chi connectivity index (χ0) is 36.8. The maximum atomic E-state index is 4.17. The van der Waals surface area contributed by atoms with Crippen LogP contribution in [0.25, 0.3) is 0 Å². The summed E-state index contributed by atoms with van der Waals surface area (Å²) in [5.74, 6) is 0. The van der Waals surface area contributed by atoms with Gasteiger partial charge in [0.25, 0.3) is 0 Å². The summed E-state index contributed by atoms with van der Waals surface area (Å²) in [5.41, 5.74) is 0. The zero-order valence-electron chi connectivity index (χ0n) is 34.6. The molecular weight excluding hydrogens is 675 g/mol. The molecule has 0 radical (unpaired) electrons. The summed E-state index contributed by atoms with van der Waals surface area (Å²) < 4.78 is 12.1. The summed E-state index contributed by atoms with van der Waals surface area (Å²) in [6.07, 6.45) is 14.7. The van der Waals surface area contributed by atoms with E-state index in [1.54, 1.807) is 6.20 Å². The van der Waals surface area contributed by atoms with Gasteiger partial charge in [-0.2, -0.15) is 5.10 Å². The minimum atomic E-state index is -1.24. The van der Waals surface area contributed by atoms with Gasteiger partial charge in [0, 0.05) is 44.8 Å². The summed E-state index contributed by atoms with van der Waals surface area (Å²) in [7, 11) is -3.00. The summed E-state index contributed by atoms with van der Waals surface area (Å²) >= 11 is 0. The molecule has 0 aromatic carbocycles. The number of rotatable bonds is 5. The van der Waals surface area contributed by atoms with Crippen molar-refractivity contribution in [1.82, 2.24) is 42.7 Å². The van der Waals surface area contributed by atoms with E-state index in [-0.39, 0.29) is 0 Å². The van der Waals surface area contributed by atoms with E-state index in [0.717, 1.165) is 0 Å². The molecule has 0 spiro atoms. The highest BCUT2D eigenvalue weighted by Crippen LogP contribution is 2.17. The minimum Gasteiger partial charge on any atom is -0.324 e. The van der Waals surface area contributed by atoms with Crippen LogP contribution in [-0.2, 0) is 0 Å². The van der Waals surface area contributed by atoms with E-state index in [9.17, 15) is 0 Å². The highest BCUT2D eigenvalue weighted by molar-refractivity contribution is 6.75. The topological polar surface area (TPSA) is 61.5 Å². The van der Waals surface area contributed by atoms with Crippen molar-refractivity contribution in [1.29, 1.82) is 0 Å². The van der Waals surface area contributed by atoms with Gasteiger partial charge in [-0.1, -0.05) is 70.6 Å². The second kappa shape index (κ2) is 20.3. The molecule has 2 aromatic heterocycles. The van der Waals surface area contributed by atoms with Gasteiger partial charge in [0.05, 0.1) is 6.20 Å². The van der Waals surface area contributed by atoms with Crippen LogP contribution >= 0.6 is 0 Å². The first kappa shape index (κ1) is 45.3. The lowest BCUT2D eigenvalue weighted by Crippen LogP contribution is -2.55. The van der Waals surface area contributed by atoms with Crippen molar-refractivity contribution >= 4 is 41.2 Å². The molecule has 280 valence electrons. The second-order valence-electron chi connectivity index (χ2n) is 18.7. The number of nitrogens with zero attached hydrogens (tertiary/aromatic N) is 9. The molecule has 3 aliphatic rings. The van der Waals surface area contributed by atoms with E-state index in [1.807, 2.05) is 29.0 Å². The predicted molar refractivity (Wildman–Crippen MR) is 225 cm³/mol. The van der Waals surface area contributed by atoms with Crippen LogP contribution in [0.3, 0.4) is 0 Å². The molecule has 0 unspecified atom stereocenters. The summed E-state index contributed by atoms with van der Waals surface area (Å²) in [5, 5.41) is 11.8. The summed E-state index contributed by atoms with van der Waals surface area (Å²) in [4.78, 5) is 2.41. The van der Waals surface area contributed by atoms with E-state index >= 15 is 0 Å². The van der Waals surface area contributed by atoms with Crippen LogP contribution in [-0.4, -0.2) is 143 Å². The molecule has 48 heavy (non-hydrogen) atoms. The third-order valence-electron chi connectivity index (χ3n) is 9.11. The molecule has 0 N–H and O–H groups in total. The van der Waals surface area contributed by atoms with Gasteiger partial charge in [-0.3, -0.25) is 4.35 Å². The van der Waals surface area contributed by atoms with Crippen LogP contribution in [0.5, 0.6) is 0 Å². The lowest BCUT2D eigenvalue weighted by molar-refractivity contribution is 0.217. The molecule has 0 atom stereocenters.